The Labute approximate surface area is 305 Å². The van der Waals surface area contributed by atoms with Gasteiger partial charge in [-0.15, -0.1) is 0 Å². The monoisotopic (exact) mass is 673 g/mol. The molecule has 1 unspecified atom stereocenters. The van der Waals surface area contributed by atoms with E-state index in [-0.39, 0.29) is 0 Å². The second-order valence-corrected chi connectivity index (χ2v) is 16.1. The van der Waals surface area contributed by atoms with Crippen molar-refractivity contribution in [1.82, 2.24) is 9.80 Å². The maximum atomic E-state index is 2.72. The lowest BCUT2D eigenvalue weighted by Gasteiger charge is -2.33. The van der Waals surface area contributed by atoms with Gasteiger partial charge in [-0.25, -0.2) is 0 Å². The Morgan fingerprint density at radius 2 is 0.479 bits per heavy atom. The molecule has 1 rings (SSSR count). The molecule has 0 radical (unpaired) electrons. The first kappa shape index (κ1) is 45.4. The van der Waals surface area contributed by atoms with Crippen LogP contribution in [0.1, 0.15) is 265 Å². The number of hydrogen-bond acceptors (Lipinski definition) is 2. The molecule has 0 N–H and O–H groups in total. The summed E-state index contributed by atoms with van der Waals surface area (Å²) < 4.78 is 0. The van der Waals surface area contributed by atoms with Crippen molar-refractivity contribution in [1.29, 1.82) is 0 Å². The highest BCUT2D eigenvalue weighted by molar-refractivity contribution is 4.97. The molecule has 0 aromatic carbocycles. The van der Waals surface area contributed by atoms with Crippen molar-refractivity contribution in [3.8, 4) is 0 Å². The van der Waals surface area contributed by atoms with Crippen molar-refractivity contribution in [3.05, 3.63) is 12.4 Å². The number of rotatable bonds is 40. The molecule has 0 aromatic rings. The summed E-state index contributed by atoms with van der Waals surface area (Å²) in [4.78, 5) is 5.44. The average molecular weight is 673 g/mol. The van der Waals surface area contributed by atoms with Gasteiger partial charge in [0.1, 0.15) is 6.17 Å². The van der Waals surface area contributed by atoms with Gasteiger partial charge in [-0.05, 0) is 25.7 Å². The molecule has 0 amide bonds. The van der Waals surface area contributed by atoms with Crippen LogP contribution in [-0.2, 0) is 0 Å². The first-order chi connectivity index (χ1) is 23.8. The Kier molecular flexibility index (Phi) is 35.5. The Morgan fingerprint density at radius 3 is 0.729 bits per heavy atom. The molecular formula is C46H92N2. The van der Waals surface area contributed by atoms with Gasteiger partial charge in [0, 0.05) is 25.5 Å². The van der Waals surface area contributed by atoms with Gasteiger partial charge in [-0.2, -0.15) is 0 Å². The highest BCUT2D eigenvalue weighted by Gasteiger charge is 2.24. The molecule has 1 aliphatic rings. The maximum Gasteiger partial charge on any atom is 0.101 e. The van der Waals surface area contributed by atoms with Gasteiger partial charge in [0.15, 0.2) is 0 Å². The lowest BCUT2D eigenvalue weighted by atomic mass is 10.0. The first-order valence-electron chi connectivity index (χ1n) is 23.0. The topological polar surface area (TPSA) is 6.48 Å². The first-order valence-corrected chi connectivity index (χ1v) is 23.0. The van der Waals surface area contributed by atoms with Gasteiger partial charge in [-0.1, -0.05) is 239 Å². The quantitative estimate of drug-likeness (QED) is 0.0598. The van der Waals surface area contributed by atoms with E-state index in [2.05, 4.69) is 43.0 Å². The zero-order valence-corrected chi connectivity index (χ0v) is 33.9. The third-order valence-corrected chi connectivity index (χ3v) is 11.3. The fourth-order valence-corrected chi connectivity index (χ4v) is 7.95. The van der Waals surface area contributed by atoms with E-state index >= 15 is 0 Å². The van der Waals surface area contributed by atoms with Crippen molar-refractivity contribution in [2.75, 3.05) is 13.1 Å². The van der Waals surface area contributed by atoms with E-state index in [0.717, 1.165) is 0 Å². The Morgan fingerprint density at radius 1 is 0.271 bits per heavy atom. The van der Waals surface area contributed by atoms with Crippen LogP contribution < -0.4 is 0 Å². The predicted octanol–water partition coefficient (Wildman–Crippen LogP) is 16.3. The molecule has 0 saturated carbocycles. The van der Waals surface area contributed by atoms with Crippen LogP contribution in [0.5, 0.6) is 0 Å². The zero-order chi connectivity index (χ0) is 34.4. The fraction of sp³-hybridized carbons (Fsp3) is 0.957. The third-order valence-electron chi connectivity index (χ3n) is 11.3. The molecule has 0 aromatic heterocycles. The smallest absolute Gasteiger partial charge is 0.101 e. The van der Waals surface area contributed by atoms with Crippen LogP contribution in [0.3, 0.4) is 0 Å². The van der Waals surface area contributed by atoms with E-state index in [4.69, 9.17) is 0 Å². The van der Waals surface area contributed by atoms with Crippen LogP contribution in [0.25, 0.3) is 0 Å². The minimum atomic E-state index is 0.638. The Hall–Kier alpha value is -0.660. The van der Waals surface area contributed by atoms with Gasteiger partial charge >= 0.3 is 0 Å². The zero-order valence-electron chi connectivity index (χ0n) is 33.9. The van der Waals surface area contributed by atoms with Crippen LogP contribution in [0.15, 0.2) is 12.4 Å². The number of unbranched alkanes of at least 4 members (excludes halogenated alkanes) is 34. The van der Waals surface area contributed by atoms with E-state index in [1.807, 2.05) is 0 Å². The summed E-state index contributed by atoms with van der Waals surface area (Å²) in [6, 6.07) is 0. The highest BCUT2D eigenvalue weighted by atomic mass is 15.4. The van der Waals surface area contributed by atoms with E-state index < -0.39 is 0 Å². The lowest BCUT2D eigenvalue weighted by molar-refractivity contribution is 0.135. The van der Waals surface area contributed by atoms with Crippen molar-refractivity contribution < 1.29 is 0 Å². The second kappa shape index (κ2) is 37.6. The summed E-state index contributed by atoms with van der Waals surface area (Å²) in [5.41, 5.74) is 0. The normalized spacial score (nSPS) is 14.6. The van der Waals surface area contributed by atoms with Crippen LogP contribution in [0.4, 0.5) is 0 Å². The maximum absolute atomic E-state index is 2.72. The van der Waals surface area contributed by atoms with Crippen LogP contribution in [-0.4, -0.2) is 29.1 Å². The van der Waals surface area contributed by atoms with Crippen molar-refractivity contribution >= 4 is 0 Å². The lowest BCUT2D eigenvalue weighted by Crippen LogP contribution is -2.39. The molecule has 1 atom stereocenters. The van der Waals surface area contributed by atoms with Crippen LogP contribution in [0, 0.1) is 0 Å². The van der Waals surface area contributed by atoms with E-state index in [1.165, 1.54) is 257 Å². The van der Waals surface area contributed by atoms with Gasteiger partial charge < -0.3 is 9.80 Å². The molecule has 0 fully saturated rings. The minimum Gasteiger partial charge on any atom is -0.356 e. The molecule has 48 heavy (non-hydrogen) atoms. The highest BCUT2D eigenvalue weighted by Crippen LogP contribution is 2.24. The summed E-state index contributed by atoms with van der Waals surface area (Å²) >= 11 is 0. The molecule has 0 spiro atoms. The van der Waals surface area contributed by atoms with Crippen molar-refractivity contribution in [3.63, 3.8) is 0 Å². The van der Waals surface area contributed by atoms with Crippen LogP contribution >= 0.6 is 0 Å². The van der Waals surface area contributed by atoms with Gasteiger partial charge in [0.2, 0.25) is 0 Å². The van der Waals surface area contributed by atoms with Crippen molar-refractivity contribution in [2.45, 2.75) is 271 Å². The molecule has 1 aliphatic heterocycles. The Balaban J connectivity index is 2.09. The molecule has 1 heterocycles. The molecule has 0 saturated heterocycles. The van der Waals surface area contributed by atoms with Crippen molar-refractivity contribution in [2.24, 2.45) is 0 Å². The average Bonchev–Trinajstić information content (AvgIpc) is 3.48. The summed E-state index contributed by atoms with van der Waals surface area (Å²) in [6.07, 6.45) is 60.4. The van der Waals surface area contributed by atoms with E-state index in [9.17, 15) is 0 Å². The predicted molar refractivity (Wildman–Crippen MR) is 219 cm³/mol. The molecule has 2 nitrogen and oxygen atoms in total. The SMILES string of the molecule is CCCCCCCCCCCCCCCCCCC1N(CCCCCCC)C=CN1CCCCCCCCCCCCCCCCCC. The summed E-state index contributed by atoms with van der Waals surface area (Å²) in [7, 11) is 0. The molecular weight excluding hydrogens is 581 g/mol. The largest absolute Gasteiger partial charge is 0.356 e. The summed E-state index contributed by atoms with van der Waals surface area (Å²) in [5, 5.41) is 0. The van der Waals surface area contributed by atoms with Gasteiger partial charge in [0.05, 0.1) is 0 Å². The second-order valence-electron chi connectivity index (χ2n) is 16.1. The minimum absolute atomic E-state index is 0.638. The number of hydrogen-bond donors (Lipinski definition) is 0. The van der Waals surface area contributed by atoms with Gasteiger partial charge in [-0.3, -0.25) is 0 Å². The molecule has 0 bridgehead atoms. The standard InChI is InChI=1S/C46H92N2/c1-4-7-10-13-15-17-19-21-23-25-27-29-31-33-35-38-41-46-47(42-39-36-12-9-6-3)44-45-48(46)43-40-37-34-32-30-28-26-24-22-20-18-16-14-11-8-5-2/h44-46H,4-43H2,1-3H3. The molecule has 2 heteroatoms. The fourth-order valence-electron chi connectivity index (χ4n) is 7.95. The summed E-state index contributed by atoms with van der Waals surface area (Å²) in [6.45, 7) is 9.49. The molecule has 286 valence electrons. The van der Waals surface area contributed by atoms with E-state index in [0.29, 0.717) is 6.17 Å². The number of nitrogens with zero attached hydrogens (tertiary/aromatic N) is 2. The Bertz CT molecular complexity index is 630. The van der Waals surface area contributed by atoms with Crippen LogP contribution in [0.2, 0.25) is 0 Å². The third kappa shape index (κ3) is 29.1. The summed E-state index contributed by atoms with van der Waals surface area (Å²) in [5.74, 6) is 0. The molecule has 0 aliphatic carbocycles. The van der Waals surface area contributed by atoms with E-state index in [1.54, 1.807) is 0 Å². The van der Waals surface area contributed by atoms with Gasteiger partial charge in [0.25, 0.3) is 0 Å².